The summed E-state index contributed by atoms with van der Waals surface area (Å²) in [5.41, 5.74) is 1.79. The molecule has 0 aliphatic carbocycles. The van der Waals surface area contributed by atoms with Crippen molar-refractivity contribution in [2.24, 2.45) is 4.99 Å². The lowest BCUT2D eigenvalue weighted by Crippen LogP contribution is -1.97. The molecule has 0 atom stereocenters. The summed E-state index contributed by atoms with van der Waals surface area (Å²) in [7, 11) is 3.33. The van der Waals surface area contributed by atoms with Crippen LogP contribution in [0, 0.1) is 5.82 Å². The minimum atomic E-state index is -0.264. The number of halogens is 1. The lowest BCUT2D eigenvalue weighted by atomic mass is 10.2. The molecule has 1 aromatic heterocycles. The van der Waals surface area contributed by atoms with Crippen LogP contribution in [0.15, 0.2) is 53.5 Å². The van der Waals surface area contributed by atoms with Crippen LogP contribution >= 0.6 is 11.5 Å². The van der Waals surface area contributed by atoms with Crippen LogP contribution < -0.4 is 9.54 Å². The average molecular weight is 315 g/mol. The first-order valence-corrected chi connectivity index (χ1v) is 7.42. The second-order valence-electron chi connectivity index (χ2n) is 4.53. The lowest BCUT2D eigenvalue weighted by molar-refractivity contribution is 0.415. The third kappa shape index (κ3) is 2.78. The molecule has 0 unspecified atom stereocenters. The van der Waals surface area contributed by atoms with E-state index in [9.17, 15) is 4.39 Å². The molecule has 0 saturated carbocycles. The molecule has 0 fully saturated rings. The van der Waals surface area contributed by atoms with E-state index in [-0.39, 0.29) is 5.82 Å². The van der Waals surface area contributed by atoms with Crippen LogP contribution in [0.2, 0.25) is 0 Å². The van der Waals surface area contributed by atoms with Gasteiger partial charge < -0.3 is 4.74 Å². The van der Waals surface area contributed by atoms with Crippen molar-refractivity contribution in [1.82, 2.24) is 8.94 Å². The molecule has 2 aromatic carbocycles. The molecular weight excluding hydrogens is 301 g/mol. The number of hydrogen-bond donors (Lipinski definition) is 0. The fourth-order valence-corrected chi connectivity index (χ4v) is 2.88. The maximum atomic E-state index is 13.1. The summed E-state index contributed by atoms with van der Waals surface area (Å²) >= 11 is 1.41. The van der Waals surface area contributed by atoms with Crippen LogP contribution in [0.3, 0.4) is 0 Å². The SMILES string of the molecule is CN=c1nc(-c2ccc(OC)cc2)n(-c2ccc(F)cc2)s1. The fraction of sp³-hybridized carbons (Fsp3) is 0.125. The minimum absolute atomic E-state index is 0.264. The zero-order valence-electron chi connectivity index (χ0n) is 12.2. The molecule has 0 aliphatic heterocycles. The second-order valence-corrected chi connectivity index (χ2v) is 5.45. The molecule has 22 heavy (non-hydrogen) atoms. The average Bonchev–Trinajstić information content (AvgIpc) is 3.00. The van der Waals surface area contributed by atoms with Gasteiger partial charge in [0.15, 0.2) is 5.82 Å². The maximum Gasteiger partial charge on any atom is 0.222 e. The van der Waals surface area contributed by atoms with Crippen molar-refractivity contribution < 1.29 is 9.13 Å². The first kappa shape index (κ1) is 14.5. The molecule has 1 heterocycles. The quantitative estimate of drug-likeness (QED) is 0.744. The number of nitrogens with zero attached hydrogens (tertiary/aromatic N) is 3. The van der Waals surface area contributed by atoms with E-state index >= 15 is 0 Å². The molecule has 0 aliphatic rings. The Morgan fingerprint density at radius 3 is 2.36 bits per heavy atom. The predicted molar refractivity (Wildman–Crippen MR) is 84.9 cm³/mol. The molecule has 0 spiro atoms. The predicted octanol–water partition coefficient (Wildman–Crippen LogP) is 3.28. The summed E-state index contributed by atoms with van der Waals surface area (Å²) in [6, 6.07) is 13.9. The molecule has 3 aromatic rings. The molecule has 0 bridgehead atoms. The van der Waals surface area contributed by atoms with Crippen LogP contribution in [0.1, 0.15) is 0 Å². The van der Waals surface area contributed by atoms with Crippen molar-refractivity contribution in [3.8, 4) is 22.8 Å². The Morgan fingerprint density at radius 1 is 1.09 bits per heavy atom. The van der Waals surface area contributed by atoms with E-state index < -0.39 is 0 Å². The van der Waals surface area contributed by atoms with Crippen molar-refractivity contribution in [3.05, 3.63) is 59.1 Å². The molecule has 0 amide bonds. The summed E-state index contributed by atoms with van der Waals surface area (Å²) in [5, 5.41) is 0. The van der Waals surface area contributed by atoms with E-state index in [2.05, 4.69) is 9.98 Å². The van der Waals surface area contributed by atoms with E-state index in [1.54, 1.807) is 26.3 Å². The highest BCUT2D eigenvalue weighted by molar-refractivity contribution is 7.04. The Balaban J connectivity index is 2.14. The van der Waals surface area contributed by atoms with Gasteiger partial charge in [0, 0.05) is 12.6 Å². The van der Waals surface area contributed by atoms with Crippen LogP contribution in [0.25, 0.3) is 17.1 Å². The number of hydrogen-bond acceptors (Lipinski definition) is 4. The van der Waals surface area contributed by atoms with E-state index in [4.69, 9.17) is 4.74 Å². The van der Waals surface area contributed by atoms with Gasteiger partial charge in [0.1, 0.15) is 11.6 Å². The summed E-state index contributed by atoms with van der Waals surface area (Å²) in [6.07, 6.45) is 0. The van der Waals surface area contributed by atoms with Crippen LogP contribution in [0.5, 0.6) is 5.75 Å². The standard InChI is InChI=1S/C16H14FN3OS/c1-18-16-19-15(11-3-9-14(21-2)10-4-11)20(22-16)13-7-5-12(17)6-8-13/h3-10H,1-2H3. The summed E-state index contributed by atoms with van der Waals surface area (Å²) < 4.78 is 20.2. The Hall–Kier alpha value is -2.47. The third-order valence-electron chi connectivity index (χ3n) is 3.17. The molecule has 0 radical (unpaired) electrons. The smallest absolute Gasteiger partial charge is 0.222 e. The number of rotatable bonds is 3. The topological polar surface area (TPSA) is 39.4 Å². The number of ether oxygens (including phenoxy) is 1. The van der Waals surface area contributed by atoms with Crippen molar-refractivity contribution in [1.29, 1.82) is 0 Å². The van der Waals surface area contributed by atoms with Gasteiger partial charge in [0.2, 0.25) is 4.80 Å². The Morgan fingerprint density at radius 2 is 1.77 bits per heavy atom. The summed E-state index contributed by atoms with van der Waals surface area (Å²) in [6.45, 7) is 0. The van der Waals surface area contributed by atoms with Crippen molar-refractivity contribution in [2.75, 3.05) is 14.2 Å². The molecule has 6 heteroatoms. The fourth-order valence-electron chi connectivity index (χ4n) is 2.05. The maximum absolute atomic E-state index is 13.1. The van der Waals surface area contributed by atoms with Gasteiger partial charge in [-0.05, 0) is 60.1 Å². The van der Waals surface area contributed by atoms with Crippen molar-refractivity contribution in [2.45, 2.75) is 0 Å². The highest BCUT2D eigenvalue weighted by Gasteiger charge is 2.11. The monoisotopic (exact) mass is 315 g/mol. The Kier molecular flexibility index (Phi) is 4.02. The third-order valence-corrected chi connectivity index (χ3v) is 4.17. The lowest BCUT2D eigenvalue weighted by Gasteiger charge is -2.07. The molecule has 3 rings (SSSR count). The number of aromatic nitrogens is 2. The van der Waals surface area contributed by atoms with E-state index in [1.807, 2.05) is 28.2 Å². The first-order valence-electron chi connectivity index (χ1n) is 6.65. The Labute approximate surface area is 131 Å². The zero-order valence-corrected chi connectivity index (χ0v) is 13.0. The second kappa shape index (κ2) is 6.11. The number of methoxy groups -OCH3 is 1. The zero-order chi connectivity index (χ0) is 15.5. The molecule has 0 N–H and O–H groups in total. The molecule has 0 saturated heterocycles. The minimum Gasteiger partial charge on any atom is -0.497 e. The van der Waals surface area contributed by atoms with Crippen molar-refractivity contribution >= 4 is 11.5 Å². The van der Waals surface area contributed by atoms with Gasteiger partial charge in [0.05, 0.1) is 12.8 Å². The highest BCUT2D eigenvalue weighted by Crippen LogP contribution is 2.24. The van der Waals surface area contributed by atoms with Gasteiger partial charge in [-0.15, -0.1) is 0 Å². The van der Waals surface area contributed by atoms with E-state index in [0.717, 1.165) is 22.8 Å². The largest absolute Gasteiger partial charge is 0.497 e. The summed E-state index contributed by atoms with van der Waals surface area (Å²) in [4.78, 5) is 9.34. The van der Waals surface area contributed by atoms with Crippen LogP contribution in [-0.4, -0.2) is 23.1 Å². The van der Waals surface area contributed by atoms with E-state index in [0.29, 0.717) is 4.80 Å². The van der Waals surface area contributed by atoms with Crippen molar-refractivity contribution in [3.63, 3.8) is 0 Å². The van der Waals surface area contributed by atoms with Gasteiger partial charge in [-0.2, -0.15) is 4.98 Å². The van der Waals surface area contributed by atoms with E-state index in [1.165, 1.54) is 23.7 Å². The first-order chi connectivity index (χ1) is 10.7. The molecule has 112 valence electrons. The number of benzene rings is 2. The van der Waals surface area contributed by atoms with Crippen LogP contribution in [-0.2, 0) is 0 Å². The summed E-state index contributed by atoms with van der Waals surface area (Å²) in [5.74, 6) is 1.29. The Bertz CT molecular complexity index is 835. The van der Waals surface area contributed by atoms with Gasteiger partial charge >= 0.3 is 0 Å². The van der Waals surface area contributed by atoms with Gasteiger partial charge in [-0.1, -0.05) is 0 Å². The van der Waals surface area contributed by atoms with Gasteiger partial charge in [0.25, 0.3) is 0 Å². The molecule has 4 nitrogen and oxygen atoms in total. The van der Waals surface area contributed by atoms with Gasteiger partial charge in [-0.3, -0.25) is 4.99 Å². The van der Waals surface area contributed by atoms with Gasteiger partial charge in [-0.25, -0.2) is 8.35 Å². The van der Waals surface area contributed by atoms with Crippen LogP contribution in [0.4, 0.5) is 4.39 Å². The highest BCUT2D eigenvalue weighted by atomic mass is 32.1. The molecular formula is C16H14FN3OS. The normalized spacial score (nSPS) is 11.7.